The molecule has 42 heavy (non-hydrogen) atoms. The molecule has 0 saturated heterocycles. The van der Waals surface area contributed by atoms with Gasteiger partial charge in [-0.15, -0.1) is 0 Å². The van der Waals surface area contributed by atoms with Gasteiger partial charge in [-0.3, -0.25) is 9.59 Å². The lowest BCUT2D eigenvalue weighted by Crippen LogP contribution is -2.54. The second-order valence-corrected chi connectivity index (χ2v) is 12.5. The summed E-state index contributed by atoms with van der Waals surface area (Å²) in [5.41, 5.74) is 6.81. The largest absolute Gasteiger partial charge is 0.391 e. The molecule has 1 aliphatic carbocycles. The highest BCUT2D eigenvalue weighted by Gasteiger charge is 2.49. The Bertz CT molecular complexity index is 1350. The van der Waals surface area contributed by atoms with Crippen LogP contribution in [0.4, 0.5) is 0 Å². The summed E-state index contributed by atoms with van der Waals surface area (Å²) in [6, 6.07) is 16.1. The van der Waals surface area contributed by atoms with Crippen molar-refractivity contribution < 1.29 is 23.1 Å². The number of benzene rings is 2. The van der Waals surface area contributed by atoms with E-state index in [4.69, 9.17) is 10.9 Å². The van der Waals surface area contributed by atoms with Gasteiger partial charge in [0.05, 0.1) is 16.4 Å². The molecule has 3 rings (SSSR count). The molecular formula is C32H44N4O5S. The molecule has 3 atom stereocenters. The lowest BCUT2D eigenvalue weighted by molar-refractivity contribution is -0.145. The Labute approximate surface area is 249 Å². The third-order valence-electron chi connectivity index (χ3n) is 7.78. The number of primary sulfonamides is 1. The number of primary amides is 1. The maximum atomic E-state index is 14.4. The first kappa shape index (κ1) is 33.2. The monoisotopic (exact) mass is 596 g/mol. The van der Waals surface area contributed by atoms with Crippen LogP contribution in [0.5, 0.6) is 0 Å². The first-order valence-corrected chi connectivity index (χ1v) is 16.1. The Hall–Kier alpha value is -3.31. The molecule has 0 heterocycles. The Morgan fingerprint density at radius 1 is 1.02 bits per heavy atom. The smallest absolute Gasteiger partial charge is 0.244 e. The lowest BCUT2D eigenvalue weighted by Gasteiger charge is -2.44. The summed E-state index contributed by atoms with van der Waals surface area (Å²) < 4.78 is 23.1. The van der Waals surface area contributed by atoms with Gasteiger partial charge in [-0.05, 0) is 61.9 Å². The van der Waals surface area contributed by atoms with Crippen LogP contribution in [0.15, 0.2) is 83.3 Å². The molecule has 0 fully saturated rings. The quantitative estimate of drug-likeness (QED) is 0.218. The molecule has 228 valence electrons. The lowest BCUT2D eigenvalue weighted by atomic mass is 9.64. The van der Waals surface area contributed by atoms with E-state index in [2.05, 4.69) is 5.32 Å². The van der Waals surface area contributed by atoms with Crippen LogP contribution in [0.1, 0.15) is 44.2 Å². The average Bonchev–Trinajstić information content (AvgIpc) is 2.97. The molecular weight excluding hydrogens is 552 g/mol. The molecule has 0 bridgehead atoms. The van der Waals surface area contributed by atoms with Gasteiger partial charge in [0.25, 0.3) is 0 Å². The average molecular weight is 597 g/mol. The fourth-order valence-corrected chi connectivity index (χ4v) is 6.16. The van der Waals surface area contributed by atoms with Crippen LogP contribution >= 0.6 is 0 Å². The summed E-state index contributed by atoms with van der Waals surface area (Å²) in [7, 11) is -3.76. The van der Waals surface area contributed by atoms with E-state index >= 15 is 0 Å². The van der Waals surface area contributed by atoms with E-state index in [9.17, 15) is 23.1 Å². The van der Waals surface area contributed by atoms with E-state index < -0.39 is 33.4 Å². The minimum absolute atomic E-state index is 0.0541. The molecule has 0 spiro atoms. The van der Waals surface area contributed by atoms with Gasteiger partial charge < -0.3 is 21.1 Å². The highest BCUT2D eigenvalue weighted by molar-refractivity contribution is 7.89. The van der Waals surface area contributed by atoms with Crippen LogP contribution in [-0.4, -0.2) is 62.5 Å². The fourth-order valence-electron chi connectivity index (χ4n) is 5.65. The number of sulfonamides is 1. The van der Waals surface area contributed by atoms with Crippen molar-refractivity contribution in [2.45, 2.75) is 57.0 Å². The first-order chi connectivity index (χ1) is 20.0. The van der Waals surface area contributed by atoms with E-state index in [-0.39, 0.29) is 23.8 Å². The van der Waals surface area contributed by atoms with E-state index in [0.717, 1.165) is 24.0 Å². The predicted octanol–water partition coefficient (Wildman–Crippen LogP) is 2.69. The van der Waals surface area contributed by atoms with Crippen LogP contribution in [0.3, 0.4) is 0 Å². The number of rotatable bonds is 16. The minimum Gasteiger partial charge on any atom is -0.391 e. The second kappa shape index (κ2) is 15.2. The number of carbonyl (C=O) groups is 2. The van der Waals surface area contributed by atoms with Gasteiger partial charge in [-0.2, -0.15) is 0 Å². The molecule has 2 amide bonds. The van der Waals surface area contributed by atoms with Crippen LogP contribution in [0.2, 0.25) is 0 Å². The van der Waals surface area contributed by atoms with Crippen LogP contribution in [-0.2, 0) is 32.5 Å². The summed E-state index contributed by atoms with van der Waals surface area (Å²) in [5, 5.41) is 20.2. The molecule has 0 aliphatic heterocycles. The Balaban J connectivity index is 1.88. The number of nitrogens with two attached hydrogens (primary N) is 2. The standard InChI is InChI=1S/C32H44N4O5S/c1-3-19-36(20-4-2)31(39)32(17-8-11-26(22-32)30(33)38)28(21-25-9-6-5-7-10-25)29(37)23-35-18-16-24-12-14-27(15-13-24)42(34,40)41/h5-15,17,28-29,35,37H,3-4,16,18-23H2,1-2H3,(H2,33,38)(H2,34,40,41)/t28-,29+,32?/m1/s1. The van der Waals surface area contributed by atoms with Crippen molar-refractivity contribution in [3.8, 4) is 0 Å². The third kappa shape index (κ3) is 8.61. The van der Waals surface area contributed by atoms with Crippen LogP contribution < -0.4 is 16.2 Å². The zero-order valence-electron chi connectivity index (χ0n) is 24.5. The molecule has 0 radical (unpaired) electrons. The number of carbonyl (C=O) groups excluding carboxylic acids is 2. The van der Waals surface area contributed by atoms with Gasteiger partial charge >= 0.3 is 0 Å². The summed E-state index contributed by atoms with van der Waals surface area (Å²) >= 11 is 0. The van der Waals surface area contributed by atoms with Crippen molar-refractivity contribution in [3.63, 3.8) is 0 Å². The van der Waals surface area contributed by atoms with Crippen molar-refractivity contribution in [1.82, 2.24) is 10.2 Å². The molecule has 10 heteroatoms. The summed E-state index contributed by atoms with van der Waals surface area (Å²) in [6.45, 7) is 5.94. The van der Waals surface area contributed by atoms with Crippen molar-refractivity contribution in [3.05, 3.63) is 89.5 Å². The number of amides is 2. The van der Waals surface area contributed by atoms with Crippen molar-refractivity contribution in [1.29, 1.82) is 0 Å². The number of hydrogen-bond donors (Lipinski definition) is 4. The zero-order chi connectivity index (χ0) is 30.8. The van der Waals surface area contributed by atoms with Crippen molar-refractivity contribution >= 4 is 21.8 Å². The van der Waals surface area contributed by atoms with Crippen molar-refractivity contribution in [2.75, 3.05) is 26.2 Å². The molecule has 2 aromatic rings. The van der Waals surface area contributed by atoms with Gasteiger partial charge in [-0.25, -0.2) is 13.6 Å². The molecule has 0 aromatic heterocycles. The number of hydrogen-bond acceptors (Lipinski definition) is 6. The third-order valence-corrected chi connectivity index (χ3v) is 8.71. The van der Waals surface area contributed by atoms with E-state index in [1.54, 1.807) is 24.3 Å². The Morgan fingerprint density at radius 2 is 1.67 bits per heavy atom. The SMILES string of the molecule is CCCN(CCC)C(=O)C1([C@H](Cc2ccccc2)[C@@H](O)CNCCc2ccc(S(N)(=O)=O)cc2)C=CC=C(C(N)=O)C1. The number of nitrogens with zero attached hydrogens (tertiary/aromatic N) is 1. The van der Waals surface area contributed by atoms with Crippen LogP contribution in [0, 0.1) is 11.3 Å². The number of aliphatic hydroxyl groups is 1. The highest BCUT2D eigenvalue weighted by Crippen LogP contribution is 2.44. The summed E-state index contributed by atoms with van der Waals surface area (Å²) in [5.74, 6) is -1.23. The van der Waals surface area contributed by atoms with E-state index in [0.29, 0.717) is 38.0 Å². The number of nitrogens with one attached hydrogen (secondary N) is 1. The maximum Gasteiger partial charge on any atom is 0.244 e. The maximum absolute atomic E-state index is 14.4. The number of allylic oxidation sites excluding steroid dienone is 2. The Morgan fingerprint density at radius 3 is 2.24 bits per heavy atom. The molecule has 9 nitrogen and oxygen atoms in total. The molecule has 1 aliphatic rings. The first-order valence-electron chi connectivity index (χ1n) is 14.5. The molecule has 2 aromatic carbocycles. The van der Waals surface area contributed by atoms with E-state index in [1.165, 1.54) is 12.1 Å². The van der Waals surface area contributed by atoms with Gasteiger partial charge in [-0.1, -0.05) is 74.5 Å². The zero-order valence-corrected chi connectivity index (χ0v) is 25.4. The minimum atomic E-state index is -3.76. The highest BCUT2D eigenvalue weighted by atomic mass is 32.2. The van der Waals surface area contributed by atoms with Crippen molar-refractivity contribution in [2.24, 2.45) is 22.2 Å². The van der Waals surface area contributed by atoms with Gasteiger partial charge in [0, 0.05) is 31.1 Å². The summed E-state index contributed by atoms with van der Waals surface area (Å²) in [4.78, 5) is 28.7. The molecule has 0 saturated carbocycles. The van der Waals surface area contributed by atoms with Gasteiger partial charge in [0.2, 0.25) is 21.8 Å². The van der Waals surface area contributed by atoms with Crippen LogP contribution in [0.25, 0.3) is 0 Å². The Kier molecular flexibility index (Phi) is 12.0. The van der Waals surface area contributed by atoms with Gasteiger partial charge in [0.1, 0.15) is 0 Å². The normalized spacial score (nSPS) is 18.2. The van der Waals surface area contributed by atoms with E-state index in [1.807, 2.05) is 55.2 Å². The molecule has 1 unspecified atom stereocenters. The fraction of sp³-hybridized carbons (Fsp3) is 0.438. The summed E-state index contributed by atoms with van der Waals surface area (Å²) in [6.07, 6.45) is 7.01. The second-order valence-electron chi connectivity index (χ2n) is 10.9. The topological polar surface area (TPSA) is 156 Å². The predicted molar refractivity (Wildman–Crippen MR) is 165 cm³/mol. The van der Waals surface area contributed by atoms with Gasteiger partial charge in [0.15, 0.2) is 0 Å². The molecule has 6 N–H and O–H groups in total. The number of aliphatic hydroxyl groups excluding tert-OH is 1.